The lowest BCUT2D eigenvalue weighted by atomic mass is 10.1. The van der Waals surface area contributed by atoms with E-state index in [1.807, 2.05) is 13.8 Å². The largest absolute Gasteiger partial charge is 0.373 e. The average Bonchev–Trinajstić information content (AvgIpc) is 1.59. The highest BCUT2D eigenvalue weighted by Crippen LogP contribution is 2.06. The molecule has 0 N–H and O–H groups in total. The molecule has 2 atom stereocenters. The van der Waals surface area contributed by atoms with Gasteiger partial charge in [0.2, 0.25) is 0 Å². The number of morpholine rings is 1. The van der Waals surface area contributed by atoms with Gasteiger partial charge in [-0.2, -0.15) is 0 Å². The van der Waals surface area contributed by atoms with E-state index < -0.39 is 0 Å². The van der Waals surface area contributed by atoms with E-state index in [2.05, 4.69) is 0 Å². The summed E-state index contributed by atoms with van der Waals surface area (Å²) in [5.74, 6) is 0. The van der Waals surface area contributed by atoms with Crippen LogP contribution in [-0.2, 0) is 4.74 Å². The molecule has 0 bridgehead atoms. The Labute approximate surface area is 57.6 Å². The van der Waals surface area contributed by atoms with Gasteiger partial charge in [0.05, 0.1) is 12.2 Å². The monoisotopic (exact) mass is 125 g/mol. The van der Waals surface area contributed by atoms with Gasteiger partial charge in [0, 0.05) is 13.1 Å². The summed E-state index contributed by atoms with van der Waals surface area (Å²) in [6, 6.07) is 0. The van der Waals surface area contributed by atoms with Crippen molar-refractivity contribution in [1.29, 1.82) is 0 Å². The average molecular weight is 125 g/mol. The van der Waals surface area contributed by atoms with Gasteiger partial charge in [-0.25, -0.2) is 0 Å². The summed E-state index contributed by atoms with van der Waals surface area (Å²) >= 11 is 0. The standard InChI is InChI=1S/C6H12BNO/c1-5-3-8(7)4-6(2)9-5/h5-6H,3-4H2,1-2H3. The molecule has 1 rings (SSSR count). The van der Waals surface area contributed by atoms with Crippen molar-refractivity contribution in [2.45, 2.75) is 26.1 Å². The van der Waals surface area contributed by atoms with Gasteiger partial charge in [-0.3, -0.25) is 0 Å². The Morgan fingerprint density at radius 2 is 1.78 bits per heavy atom. The molecule has 2 radical (unpaired) electrons. The van der Waals surface area contributed by atoms with Crippen molar-refractivity contribution in [1.82, 2.24) is 4.81 Å². The molecule has 2 unspecified atom stereocenters. The molecule has 0 aromatic rings. The predicted molar refractivity (Wildman–Crippen MR) is 37.3 cm³/mol. The maximum absolute atomic E-state index is 5.57. The van der Waals surface area contributed by atoms with Crippen LogP contribution >= 0.6 is 0 Å². The van der Waals surface area contributed by atoms with E-state index in [1.165, 1.54) is 0 Å². The van der Waals surface area contributed by atoms with Crippen molar-refractivity contribution < 1.29 is 4.74 Å². The summed E-state index contributed by atoms with van der Waals surface area (Å²) in [6.45, 7) is 5.78. The van der Waals surface area contributed by atoms with Gasteiger partial charge >= 0.3 is 0 Å². The van der Waals surface area contributed by atoms with Crippen molar-refractivity contribution in [2.24, 2.45) is 0 Å². The fourth-order valence-electron chi connectivity index (χ4n) is 1.22. The number of hydrogen-bond donors (Lipinski definition) is 0. The van der Waals surface area contributed by atoms with Crippen molar-refractivity contribution in [3.8, 4) is 0 Å². The lowest BCUT2D eigenvalue weighted by Gasteiger charge is -2.33. The molecular formula is C6H12BNO. The molecule has 1 fully saturated rings. The van der Waals surface area contributed by atoms with Crippen LogP contribution in [-0.4, -0.2) is 38.1 Å². The summed E-state index contributed by atoms with van der Waals surface area (Å²) in [5.41, 5.74) is 0. The molecule has 50 valence electrons. The lowest BCUT2D eigenvalue weighted by Crippen LogP contribution is -2.43. The maximum atomic E-state index is 5.57. The first-order valence-corrected chi connectivity index (χ1v) is 3.33. The third-order valence-corrected chi connectivity index (χ3v) is 1.45. The van der Waals surface area contributed by atoms with Gasteiger partial charge in [-0.15, -0.1) is 0 Å². The molecule has 0 aromatic carbocycles. The van der Waals surface area contributed by atoms with Gasteiger partial charge < -0.3 is 9.55 Å². The molecule has 0 amide bonds. The van der Waals surface area contributed by atoms with E-state index in [1.54, 1.807) is 4.81 Å². The summed E-state index contributed by atoms with van der Waals surface area (Å²) in [5, 5.41) is 0. The second-order valence-electron chi connectivity index (χ2n) is 2.71. The molecule has 0 saturated carbocycles. The molecule has 1 saturated heterocycles. The maximum Gasteiger partial charge on any atom is 0.182 e. The minimum absolute atomic E-state index is 0.291. The molecule has 9 heavy (non-hydrogen) atoms. The summed E-state index contributed by atoms with van der Waals surface area (Å²) in [6.07, 6.45) is 0.581. The molecule has 2 nitrogen and oxygen atoms in total. The van der Waals surface area contributed by atoms with Crippen molar-refractivity contribution in [3.63, 3.8) is 0 Å². The normalized spacial score (nSPS) is 38.9. The number of rotatable bonds is 0. The molecule has 3 heteroatoms. The Bertz CT molecular complexity index is 74.0. The lowest BCUT2D eigenvalue weighted by molar-refractivity contribution is -0.0439. The molecule has 0 spiro atoms. The van der Waals surface area contributed by atoms with Crippen molar-refractivity contribution >= 4 is 7.98 Å². The summed E-state index contributed by atoms with van der Waals surface area (Å²) in [4.78, 5) is 1.80. The van der Waals surface area contributed by atoms with Crippen LogP contribution < -0.4 is 0 Å². The van der Waals surface area contributed by atoms with Crippen LogP contribution in [0.3, 0.4) is 0 Å². The Kier molecular flexibility index (Phi) is 2.14. The van der Waals surface area contributed by atoms with Crippen LogP contribution in [0.4, 0.5) is 0 Å². The first-order chi connectivity index (χ1) is 4.18. The quantitative estimate of drug-likeness (QED) is 0.428. The zero-order valence-corrected chi connectivity index (χ0v) is 6.00. The van der Waals surface area contributed by atoms with Crippen LogP contribution in [0.1, 0.15) is 13.8 Å². The van der Waals surface area contributed by atoms with Crippen LogP contribution in [0.2, 0.25) is 0 Å². The first-order valence-electron chi connectivity index (χ1n) is 3.33. The smallest absolute Gasteiger partial charge is 0.182 e. The van der Waals surface area contributed by atoms with Gasteiger partial charge in [-0.05, 0) is 13.8 Å². The molecule has 1 aliphatic heterocycles. The molecular weight excluding hydrogens is 113 g/mol. The third-order valence-electron chi connectivity index (χ3n) is 1.45. The van der Waals surface area contributed by atoms with E-state index >= 15 is 0 Å². The second kappa shape index (κ2) is 2.71. The molecule has 1 aliphatic rings. The fraction of sp³-hybridized carbons (Fsp3) is 1.00. The van der Waals surface area contributed by atoms with E-state index in [0.29, 0.717) is 12.2 Å². The van der Waals surface area contributed by atoms with E-state index in [-0.39, 0.29) is 0 Å². The van der Waals surface area contributed by atoms with E-state index in [4.69, 9.17) is 12.7 Å². The van der Waals surface area contributed by atoms with Crippen LogP contribution in [0.25, 0.3) is 0 Å². The minimum Gasteiger partial charge on any atom is -0.373 e. The van der Waals surface area contributed by atoms with Gasteiger partial charge in [0.25, 0.3) is 0 Å². The highest BCUT2D eigenvalue weighted by Gasteiger charge is 2.17. The van der Waals surface area contributed by atoms with Gasteiger partial charge in [0.1, 0.15) is 0 Å². The number of ether oxygens (including phenoxy) is 1. The fourth-order valence-corrected chi connectivity index (χ4v) is 1.22. The Hall–Kier alpha value is -0.0151. The number of nitrogens with zero attached hydrogens (tertiary/aromatic N) is 1. The van der Waals surface area contributed by atoms with Crippen molar-refractivity contribution in [3.05, 3.63) is 0 Å². The topological polar surface area (TPSA) is 12.5 Å². The summed E-state index contributed by atoms with van der Waals surface area (Å²) in [7, 11) is 5.57. The Morgan fingerprint density at radius 1 is 1.33 bits per heavy atom. The van der Waals surface area contributed by atoms with E-state index in [9.17, 15) is 0 Å². The van der Waals surface area contributed by atoms with E-state index in [0.717, 1.165) is 13.1 Å². The third kappa shape index (κ3) is 1.99. The Balaban J connectivity index is 2.34. The molecule has 0 aromatic heterocycles. The highest BCUT2D eigenvalue weighted by molar-refractivity contribution is 6.04. The van der Waals surface area contributed by atoms with Crippen LogP contribution in [0.5, 0.6) is 0 Å². The predicted octanol–water partition coefficient (Wildman–Crippen LogP) is 0.179. The zero-order chi connectivity index (χ0) is 6.85. The zero-order valence-electron chi connectivity index (χ0n) is 6.00. The highest BCUT2D eigenvalue weighted by atomic mass is 16.5. The van der Waals surface area contributed by atoms with Gasteiger partial charge in [0.15, 0.2) is 7.98 Å². The SMILES string of the molecule is [B]N1CC(C)OC(C)C1. The summed E-state index contributed by atoms with van der Waals surface area (Å²) < 4.78 is 5.43. The second-order valence-corrected chi connectivity index (χ2v) is 2.71. The Morgan fingerprint density at radius 3 is 2.11 bits per heavy atom. The molecule has 1 heterocycles. The van der Waals surface area contributed by atoms with Crippen molar-refractivity contribution in [2.75, 3.05) is 13.1 Å². The van der Waals surface area contributed by atoms with Crippen LogP contribution in [0.15, 0.2) is 0 Å². The van der Waals surface area contributed by atoms with Gasteiger partial charge in [-0.1, -0.05) is 0 Å². The minimum atomic E-state index is 0.291. The molecule has 0 aliphatic carbocycles. The first kappa shape index (κ1) is 7.10. The van der Waals surface area contributed by atoms with Crippen LogP contribution in [0, 0.1) is 0 Å². The number of hydrogen-bond acceptors (Lipinski definition) is 2.